The van der Waals surface area contributed by atoms with Gasteiger partial charge in [-0.2, -0.15) is 15.3 Å². The minimum atomic E-state index is -0.925. The van der Waals surface area contributed by atoms with Crippen LogP contribution in [-0.2, 0) is 25.6 Å². The summed E-state index contributed by atoms with van der Waals surface area (Å²) in [5, 5.41) is 22.0. The molecule has 4 aromatic rings. The fourth-order valence-corrected chi connectivity index (χ4v) is 9.82. The van der Waals surface area contributed by atoms with Crippen molar-refractivity contribution in [3.8, 4) is 23.3 Å². The summed E-state index contributed by atoms with van der Waals surface area (Å²) in [6.07, 6.45) is 16.0. The summed E-state index contributed by atoms with van der Waals surface area (Å²) in [6.45, 7) is 6.44. The Labute approximate surface area is 382 Å². The number of allylic oxidation sites excluding steroid dienone is 3. The molecule has 17 nitrogen and oxygen atoms in total. The van der Waals surface area contributed by atoms with Gasteiger partial charge < -0.3 is 15.0 Å². The Hall–Kier alpha value is -6.87. The van der Waals surface area contributed by atoms with Gasteiger partial charge in [-0.15, -0.1) is 0 Å². The van der Waals surface area contributed by atoms with Gasteiger partial charge in [-0.05, 0) is 68.2 Å². The van der Waals surface area contributed by atoms with E-state index >= 15 is 0 Å². The number of aryl methyl sites for hydroxylation is 1. The Morgan fingerprint density at radius 2 is 1.86 bits per heavy atom. The van der Waals surface area contributed by atoms with Gasteiger partial charge in [0.1, 0.15) is 11.5 Å². The quantitative estimate of drug-likeness (QED) is 0.151. The lowest BCUT2D eigenvalue weighted by atomic mass is 9.64. The number of imide groups is 1. The molecular formula is C49H53N11O6. The number of rotatable bonds is 12. The summed E-state index contributed by atoms with van der Waals surface area (Å²) in [6, 6.07) is 17.0. The van der Waals surface area contributed by atoms with Gasteiger partial charge in [-0.1, -0.05) is 60.7 Å². The van der Waals surface area contributed by atoms with Crippen molar-refractivity contribution >= 4 is 34.4 Å². The third kappa shape index (κ3) is 9.17. The molecule has 0 bridgehead atoms. The SMILES string of the molecule is Cc1nn(C2CCC(=O)NC2=O)c(=O)c2cc(C3CN(CCC(=O)N4CCC(COc5ccnc(-c6cccc(CC7(C8(C#N)C=CC=CC8)C=CC(=O)NN7)c6)n5)CC4)CCN3)ccc12. The van der Waals surface area contributed by atoms with Crippen molar-refractivity contribution in [2.24, 2.45) is 11.3 Å². The third-order valence-corrected chi connectivity index (χ3v) is 13.7. The van der Waals surface area contributed by atoms with Crippen molar-refractivity contribution in [3.05, 3.63) is 118 Å². The Morgan fingerprint density at radius 1 is 1.00 bits per heavy atom. The van der Waals surface area contributed by atoms with E-state index in [9.17, 15) is 29.2 Å². The van der Waals surface area contributed by atoms with Crippen molar-refractivity contribution in [2.45, 2.75) is 69.5 Å². The Balaban J connectivity index is 0.761. The molecule has 2 aromatic carbocycles. The lowest BCUT2D eigenvalue weighted by Crippen LogP contribution is -2.64. The van der Waals surface area contributed by atoms with Gasteiger partial charge >= 0.3 is 0 Å². The van der Waals surface area contributed by atoms with Crippen LogP contribution in [0.15, 0.2) is 96.0 Å². The number of carbonyl (C=O) groups excluding carboxylic acids is 4. The molecular weight excluding hydrogens is 839 g/mol. The van der Waals surface area contributed by atoms with Crippen molar-refractivity contribution in [3.63, 3.8) is 0 Å². The van der Waals surface area contributed by atoms with Crippen LogP contribution in [0, 0.1) is 29.6 Å². The Kier molecular flexibility index (Phi) is 12.7. The normalized spacial score (nSPS) is 24.8. The van der Waals surface area contributed by atoms with Gasteiger partial charge in [0.05, 0.1) is 29.3 Å². The summed E-state index contributed by atoms with van der Waals surface area (Å²) in [5.74, 6) is 0.248. The van der Waals surface area contributed by atoms with Crippen molar-refractivity contribution < 1.29 is 23.9 Å². The molecule has 0 saturated carbocycles. The van der Waals surface area contributed by atoms with Gasteiger partial charge in [-0.25, -0.2) is 15.1 Å². The highest BCUT2D eigenvalue weighted by Crippen LogP contribution is 2.43. The largest absolute Gasteiger partial charge is 0.477 e. The van der Waals surface area contributed by atoms with Crippen LogP contribution in [0.3, 0.4) is 0 Å². The molecule has 1 aliphatic carbocycles. The molecule has 6 heterocycles. The first-order valence-electron chi connectivity index (χ1n) is 22.7. The van der Waals surface area contributed by atoms with Crippen LogP contribution in [0.25, 0.3) is 22.2 Å². The first kappa shape index (κ1) is 44.3. The van der Waals surface area contributed by atoms with E-state index in [1.54, 1.807) is 18.3 Å². The predicted molar refractivity (Wildman–Crippen MR) is 244 cm³/mol. The molecule has 340 valence electrons. The molecule has 4 atom stereocenters. The number of hydrazine groups is 1. The van der Waals surface area contributed by atoms with E-state index in [2.05, 4.69) is 42.5 Å². The van der Waals surface area contributed by atoms with Crippen LogP contribution in [0.5, 0.6) is 5.88 Å². The molecule has 66 heavy (non-hydrogen) atoms. The average Bonchev–Trinajstić information content (AvgIpc) is 3.35. The summed E-state index contributed by atoms with van der Waals surface area (Å²) in [7, 11) is 0. The van der Waals surface area contributed by atoms with Gasteiger partial charge in [-0.3, -0.25) is 39.6 Å². The van der Waals surface area contributed by atoms with Crippen molar-refractivity contribution in [2.75, 3.05) is 45.9 Å². The molecule has 17 heteroatoms. The minimum absolute atomic E-state index is 0.0530. The first-order valence-corrected chi connectivity index (χ1v) is 22.7. The number of piperidine rings is 2. The topological polar surface area (TPSA) is 217 Å². The smallest absolute Gasteiger partial charge is 0.275 e. The maximum atomic E-state index is 13.7. The number of amides is 4. The minimum Gasteiger partial charge on any atom is -0.477 e. The van der Waals surface area contributed by atoms with Gasteiger partial charge in [0.2, 0.25) is 17.7 Å². The second-order valence-electron chi connectivity index (χ2n) is 17.9. The zero-order chi connectivity index (χ0) is 45.8. The lowest BCUT2D eigenvalue weighted by molar-refractivity contribution is -0.136. The molecule has 3 fully saturated rings. The van der Waals surface area contributed by atoms with E-state index in [0.717, 1.165) is 48.0 Å². The Bertz CT molecular complexity index is 2750. The summed E-state index contributed by atoms with van der Waals surface area (Å²) in [4.78, 5) is 77.1. The van der Waals surface area contributed by atoms with Crippen LogP contribution < -0.4 is 31.8 Å². The molecule has 2 aromatic heterocycles. The second-order valence-corrected chi connectivity index (χ2v) is 17.9. The monoisotopic (exact) mass is 891 g/mol. The van der Waals surface area contributed by atoms with Crippen LogP contribution in [0.2, 0.25) is 0 Å². The highest BCUT2D eigenvalue weighted by atomic mass is 16.5. The molecule has 4 unspecified atom stereocenters. The third-order valence-electron chi connectivity index (χ3n) is 13.7. The van der Waals surface area contributed by atoms with E-state index in [0.29, 0.717) is 74.8 Å². The molecule has 3 saturated heterocycles. The predicted octanol–water partition coefficient (Wildman–Crippen LogP) is 3.29. The van der Waals surface area contributed by atoms with Gasteiger partial charge in [0.25, 0.3) is 17.4 Å². The molecule has 4 N–H and O–H groups in total. The zero-order valence-electron chi connectivity index (χ0n) is 36.9. The number of aromatic nitrogens is 4. The lowest BCUT2D eigenvalue weighted by Gasteiger charge is -2.45. The summed E-state index contributed by atoms with van der Waals surface area (Å²) >= 11 is 0. The number of hydrogen-bond donors (Lipinski definition) is 4. The standard InChI is InChI=1S/C49H53N11O6/c1-32-37-9-8-35(27-38(37)47(65)60(56-32)40-10-11-41(61)53-46(40)64)39-29-58(25-21-51-39)22-16-44(63)59-23-14-33(15-24-59)30-66-43-13-20-52-45(54-43)36-7-5-6-34(26-36)28-49(19-12-42(62)55-57-49)48(31-50)17-3-2-4-18-48/h2-9,12-13,17,19-20,26-27,33,39-40,51,57H,10-11,14-16,18,21-25,28-30H2,1H3,(H,55,62)(H,53,61,64). The van der Waals surface area contributed by atoms with Gasteiger partial charge in [0, 0.05) is 87.4 Å². The van der Waals surface area contributed by atoms with Crippen LogP contribution in [0.1, 0.15) is 67.4 Å². The molecule has 0 spiro atoms. The molecule has 9 rings (SSSR count). The maximum Gasteiger partial charge on any atom is 0.275 e. The van der Waals surface area contributed by atoms with Gasteiger partial charge in [0.15, 0.2) is 5.82 Å². The number of nitriles is 1. The van der Waals surface area contributed by atoms with Crippen LogP contribution in [0.4, 0.5) is 0 Å². The average molecular weight is 892 g/mol. The van der Waals surface area contributed by atoms with Crippen LogP contribution >= 0.6 is 0 Å². The van der Waals surface area contributed by atoms with E-state index < -0.39 is 22.9 Å². The molecule has 0 radical (unpaired) electrons. The number of ether oxygens (including phenoxy) is 1. The summed E-state index contributed by atoms with van der Waals surface area (Å²) < 4.78 is 7.43. The van der Waals surface area contributed by atoms with E-state index in [1.807, 2.05) is 78.6 Å². The van der Waals surface area contributed by atoms with E-state index in [-0.39, 0.29) is 48.1 Å². The molecule has 4 aliphatic heterocycles. The number of nitrogens with zero attached hydrogens (tertiary/aromatic N) is 7. The van der Waals surface area contributed by atoms with E-state index in [1.165, 1.54) is 10.8 Å². The highest BCUT2D eigenvalue weighted by molar-refractivity contribution is 5.99. The highest BCUT2D eigenvalue weighted by Gasteiger charge is 2.50. The first-order chi connectivity index (χ1) is 32.0. The van der Waals surface area contributed by atoms with Crippen molar-refractivity contribution in [1.29, 1.82) is 5.26 Å². The number of fused-ring (bicyclic) bond motifs is 1. The molecule has 4 amide bonds. The number of nitrogens with one attached hydrogen (secondary N) is 4. The zero-order valence-corrected chi connectivity index (χ0v) is 36.9. The fourth-order valence-electron chi connectivity index (χ4n) is 9.82. The maximum absolute atomic E-state index is 13.7. The summed E-state index contributed by atoms with van der Waals surface area (Å²) in [5.41, 5.74) is 7.01. The van der Waals surface area contributed by atoms with E-state index in [4.69, 9.17) is 9.72 Å². The van der Waals surface area contributed by atoms with Crippen molar-refractivity contribution in [1.82, 2.24) is 51.0 Å². The number of benzene rings is 2. The number of likely N-dealkylation sites (tertiary alicyclic amines) is 1. The molecule has 5 aliphatic rings. The number of carbonyl (C=O) groups is 4. The Morgan fingerprint density at radius 3 is 2.64 bits per heavy atom. The van der Waals surface area contributed by atoms with Crippen LogP contribution in [-0.4, -0.2) is 105 Å². The number of piperazine rings is 1. The number of hydrogen-bond acceptors (Lipinski definition) is 13. The fraction of sp³-hybridized carbons (Fsp3) is 0.408. The second kappa shape index (κ2) is 18.9.